The first-order valence-electron chi connectivity index (χ1n) is 8.91. The predicted octanol–water partition coefficient (Wildman–Crippen LogP) is 2.91. The maximum Gasteiger partial charge on any atom is 0.250 e. The van der Waals surface area contributed by atoms with Gasteiger partial charge in [0, 0.05) is 19.2 Å². The quantitative estimate of drug-likeness (QED) is 0.484. The van der Waals surface area contributed by atoms with Crippen LogP contribution in [0.25, 0.3) is 21.3 Å². The van der Waals surface area contributed by atoms with Gasteiger partial charge in [-0.15, -0.1) is 5.10 Å². The number of para-hydroxylation sites is 1. The van der Waals surface area contributed by atoms with Gasteiger partial charge in [0.05, 0.1) is 10.2 Å². The Morgan fingerprint density at radius 2 is 1.97 bits per heavy atom. The van der Waals surface area contributed by atoms with Crippen LogP contribution in [-0.4, -0.2) is 58.0 Å². The molecule has 2 aromatic carbocycles. The van der Waals surface area contributed by atoms with E-state index in [0.29, 0.717) is 28.4 Å². The minimum Gasteiger partial charge on any atom is -0.308 e. The van der Waals surface area contributed by atoms with Gasteiger partial charge in [0.1, 0.15) is 23.4 Å². The number of aromatic nitrogens is 4. The van der Waals surface area contributed by atoms with E-state index in [1.165, 1.54) is 15.6 Å². The van der Waals surface area contributed by atoms with Crippen LogP contribution in [0.1, 0.15) is 0 Å². The second-order valence-corrected chi connectivity index (χ2v) is 7.82. The molecule has 2 heterocycles. The summed E-state index contributed by atoms with van der Waals surface area (Å²) in [4.78, 5) is 20.8. The Bertz CT molecular complexity index is 1190. The molecule has 2 aromatic heterocycles. The number of hydrogen-bond donors (Lipinski definition) is 0. The zero-order valence-electron chi connectivity index (χ0n) is 15.8. The minimum absolute atomic E-state index is 0.0410. The SMILES string of the molecule is CN(C)CCN(C(=O)Cn1nnc2ccccc21)c1nc2c(F)cc(F)cc2s1. The monoisotopic (exact) mass is 416 g/mol. The summed E-state index contributed by atoms with van der Waals surface area (Å²) in [7, 11) is 3.78. The van der Waals surface area contributed by atoms with E-state index in [1.54, 1.807) is 0 Å². The summed E-state index contributed by atoms with van der Waals surface area (Å²) in [5, 5.41) is 8.44. The summed E-state index contributed by atoms with van der Waals surface area (Å²) in [5.41, 5.74) is 1.49. The highest BCUT2D eigenvalue weighted by Gasteiger charge is 2.22. The van der Waals surface area contributed by atoms with Gasteiger partial charge in [0.2, 0.25) is 0 Å². The van der Waals surface area contributed by atoms with Gasteiger partial charge in [-0.25, -0.2) is 18.4 Å². The minimum atomic E-state index is -0.746. The Labute approximate surface area is 169 Å². The molecular formula is C19H18F2N6OS. The van der Waals surface area contributed by atoms with Crippen LogP contribution in [0.3, 0.4) is 0 Å². The second-order valence-electron chi connectivity index (χ2n) is 6.82. The highest BCUT2D eigenvalue weighted by atomic mass is 32.1. The zero-order valence-corrected chi connectivity index (χ0v) is 16.7. The molecule has 0 saturated carbocycles. The molecule has 1 amide bonds. The molecule has 0 saturated heterocycles. The predicted molar refractivity (Wildman–Crippen MR) is 108 cm³/mol. The molecule has 0 bridgehead atoms. The van der Waals surface area contributed by atoms with E-state index in [4.69, 9.17) is 0 Å². The maximum absolute atomic E-state index is 14.1. The van der Waals surface area contributed by atoms with Gasteiger partial charge in [0.15, 0.2) is 10.9 Å². The van der Waals surface area contributed by atoms with Crippen molar-refractivity contribution in [2.24, 2.45) is 0 Å². The number of hydrogen-bond acceptors (Lipinski definition) is 6. The number of thiazole rings is 1. The van der Waals surface area contributed by atoms with Crippen LogP contribution in [0.2, 0.25) is 0 Å². The number of likely N-dealkylation sites (N-methyl/N-ethyl adjacent to an activating group) is 1. The number of rotatable bonds is 6. The third-order valence-corrected chi connectivity index (χ3v) is 5.44. The van der Waals surface area contributed by atoms with Crippen LogP contribution < -0.4 is 4.90 Å². The van der Waals surface area contributed by atoms with E-state index in [0.717, 1.165) is 22.9 Å². The highest BCUT2D eigenvalue weighted by Crippen LogP contribution is 2.31. The normalized spacial score (nSPS) is 11.6. The van der Waals surface area contributed by atoms with Gasteiger partial charge in [-0.1, -0.05) is 28.7 Å². The first-order chi connectivity index (χ1) is 13.9. The van der Waals surface area contributed by atoms with Crippen molar-refractivity contribution in [1.29, 1.82) is 0 Å². The Balaban J connectivity index is 1.68. The second kappa shape index (κ2) is 7.80. The number of benzene rings is 2. The topological polar surface area (TPSA) is 67.2 Å². The van der Waals surface area contributed by atoms with Crippen molar-refractivity contribution >= 4 is 43.6 Å². The molecule has 0 spiro atoms. The van der Waals surface area contributed by atoms with Crippen molar-refractivity contribution < 1.29 is 13.6 Å². The standard InChI is InChI=1S/C19H18F2N6OS/c1-25(2)7-8-26(19-22-18-13(21)9-12(20)10-16(18)29-19)17(28)11-27-15-6-4-3-5-14(15)23-24-27/h3-6,9-10H,7-8,11H2,1-2H3. The lowest BCUT2D eigenvalue weighted by Crippen LogP contribution is -2.38. The summed E-state index contributed by atoms with van der Waals surface area (Å²) < 4.78 is 29.5. The van der Waals surface area contributed by atoms with Crippen molar-refractivity contribution in [3.63, 3.8) is 0 Å². The summed E-state index contributed by atoms with van der Waals surface area (Å²) in [6.07, 6.45) is 0. The van der Waals surface area contributed by atoms with Crippen molar-refractivity contribution in [3.8, 4) is 0 Å². The van der Waals surface area contributed by atoms with Crippen molar-refractivity contribution in [2.45, 2.75) is 6.54 Å². The molecule has 0 radical (unpaired) electrons. The van der Waals surface area contributed by atoms with Crippen molar-refractivity contribution in [3.05, 3.63) is 48.0 Å². The first kappa shape index (κ1) is 19.3. The zero-order chi connectivity index (χ0) is 20.5. The Morgan fingerprint density at radius 3 is 2.76 bits per heavy atom. The third kappa shape index (κ3) is 3.94. The Kier molecular flexibility index (Phi) is 5.20. The van der Waals surface area contributed by atoms with Gasteiger partial charge >= 0.3 is 0 Å². The lowest BCUT2D eigenvalue weighted by molar-refractivity contribution is -0.119. The number of carbonyl (C=O) groups is 1. The van der Waals surface area contributed by atoms with Crippen LogP contribution in [0.5, 0.6) is 0 Å². The summed E-state index contributed by atoms with van der Waals surface area (Å²) in [5.74, 6) is -1.68. The summed E-state index contributed by atoms with van der Waals surface area (Å²) in [6.45, 7) is 0.889. The van der Waals surface area contributed by atoms with Gasteiger partial charge < -0.3 is 4.90 Å². The Hall–Kier alpha value is -2.98. The van der Waals surface area contributed by atoms with Gasteiger partial charge in [0.25, 0.3) is 5.91 Å². The van der Waals surface area contributed by atoms with E-state index >= 15 is 0 Å². The van der Waals surface area contributed by atoms with Crippen LogP contribution in [-0.2, 0) is 11.3 Å². The maximum atomic E-state index is 14.1. The van der Waals surface area contributed by atoms with E-state index in [1.807, 2.05) is 43.3 Å². The van der Waals surface area contributed by atoms with Crippen LogP contribution in [0, 0.1) is 11.6 Å². The largest absolute Gasteiger partial charge is 0.308 e. The molecule has 10 heteroatoms. The fourth-order valence-electron chi connectivity index (χ4n) is 2.94. The number of carbonyl (C=O) groups excluding carboxylic acids is 1. The summed E-state index contributed by atoms with van der Waals surface area (Å²) >= 11 is 1.08. The molecule has 0 atom stereocenters. The lowest BCUT2D eigenvalue weighted by atomic mass is 10.3. The smallest absolute Gasteiger partial charge is 0.250 e. The van der Waals surface area contributed by atoms with E-state index in [-0.39, 0.29) is 18.0 Å². The molecule has 0 aliphatic rings. The molecule has 0 aliphatic heterocycles. The molecule has 0 fully saturated rings. The highest BCUT2D eigenvalue weighted by molar-refractivity contribution is 7.22. The van der Waals surface area contributed by atoms with Crippen molar-refractivity contribution in [1.82, 2.24) is 24.9 Å². The number of nitrogens with zero attached hydrogens (tertiary/aromatic N) is 6. The van der Waals surface area contributed by atoms with E-state index < -0.39 is 11.6 Å². The van der Waals surface area contributed by atoms with E-state index in [2.05, 4.69) is 15.3 Å². The molecule has 150 valence electrons. The number of anilines is 1. The van der Waals surface area contributed by atoms with E-state index in [9.17, 15) is 13.6 Å². The molecule has 7 nitrogen and oxygen atoms in total. The molecule has 4 rings (SSSR count). The molecular weight excluding hydrogens is 398 g/mol. The summed E-state index contributed by atoms with van der Waals surface area (Å²) in [6, 6.07) is 9.36. The third-order valence-electron chi connectivity index (χ3n) is 4.41. The average molecular weight is 416 g/mol. The fraction of sp³-hybridized carbons (Fsp3) is 0.263. The first-order valence-corrected chi connectivity index (χ1v) is 9.73. The molecule has 0 aliphatic carbocycles. The number of amides is 1. The van der Waals surface area contributed by atoms with Crippen molar-refractivity contribution in [2.75, 3.05) is 32.1 Å². The molecule has 29 heavy (non-hydrogen) atoms. The van der Waals surface area contributed by atoms with Gasteiger partial charge in [-0.3, -0.25) is 9.69 Å². The number of halogens is 2. The molecule has 0 N–H and O–H groups in total. The van der Waals surface area contributed by atoms with Gasteiger partial charge in [-0.05, 0) is 32.3 Å². The van der Waals surface area contributed by atoms with Gasteiger partial charge in [-0.2, -0.15) is 0 Å². The Morgan fingerprint density at radius 1 is 1.17 bits per heavy atom. The van der Waals surface area contributed by atoms with Crippen LogP contribution >= 0.6 is 11.3 Å². The number of fused-ring (bicyclic) bond motifs is 2. The lowest BCUT2D eigenvalue weighted by Gasteiger charge is -2.22. The van der Waals surface area contributed by atoms with Crippen LogP contribution in [0.4, 0.5) is 13.9 Å². The molecule has 0 unspecified atom stereocenters. The fourth-order valence-corrected chi connectivity index (χ4v) is 3.98. The average Bonchev–Trinajstić information content (AvgIpc) is 3.26. The van der Waals surface area contributed by atoms with Crippen LogP contribution in [0.15, 0.2) is 36.4 Å². The molecule has 4 aromatic rings.